The number of nitrogens with zero attached hydrogens (tertiary/aromatic N) is 2. The van der Waals surface area contributed by atoms with Gasteiger partial charge in [-0.15, -0.1) is 0 Å². The molecule has 1 aromatic rings. The molecule has 1 aromatic heterocycles. The van der Waals surface area contributed by atoms with Crippen LogP contribution in [-0.4, -0.2) is 25.1 Å². The number of nitrogens with one attached hydrogen (secondary N) is 1. The van der Waals surface area contributed by atoms with Gasteiger partial charge in [0.25, 0.3) is 0 Å². The van der Waals surface area contributed by atoms with Crippen molar-refractivity contribution in [2.45, 2.75) is 45.7 Å². The van der Waals surface area contributed by atoms with Crippen molar-refractivity contribution in [2.75, 3.05) is 19.0 Å². The molecule has 3 nitrogen and oxygen atoms in total. The topological polar surface area (TPSA) is 28.2 Å². The van der Waals surface area contributed by atoms with E-state index >= 15 is 0 Å². The van der Waals surface area contributed by atoms with Gasteiger partial charge in [-0.1, -0.05) is 19.4 Å². The zero-order valence-corrected chi connectivity index (χ0v) is 11.7. The first-order chi connectivity index (χ1) is 8.11. The Hall–Kier alpha value is -1.09. The Balaban J connectivity index is 2.96. The number of hydrogen-bond acceptors (Lipinski definition) is 3. The molecule has 17 heavy (non-hydrogen) atoms. The van der Waals surface area contributed by atoms with Crippen molar-refractivity contribution in [3.05, 3.63) is 23.9 Å². The van der Waals surface area contributed by atoms with Crippen LogP contribution < -0.4 is 10.2 Å². The lowest BCUT2D eigenvalue weighted by Crippen LogP contribution is -2.31. The van der Waals surface area contributed by atoms with Crippen molar-refractivity contribution >= 4 is 5.82 Å². The van der Waals surface area contributed by atoms with E-state index in [2.05, 4.69) is 49.1 Å². The second kappa shape index (κ2) is 6.60. The highest BCUT2D eigenvalue weighted by Crippen LogP contribution is 2.24. The van der Waals surface area contributed by atoms with Crippen LogP contribution in [0.4, 0.5) is 5.82 Å². The standard InChI is InChI=1S/C14H25N3/c1-6-8-11(2)17(5)14-13(12(3)15-4)9-7-10-16-14/h7,9-12,15H,6,8H2,1-5H3. The van der Waals surface area contributed by atoms with E-state index in [-0.39, 0.29) is 0 Å². The van der Waals surface area contributed by atoms with Crippen molar-refractivity contribution in [3.63, 3.8) is 0 Å². The molecule has 0 amide bonds. The predicted molar refractivity (Wildman–Crippen MR) is 74.5 cm³/mol. The molecule has 0 saturated heterocycles. The van der Waals surface area contributed by atoms with Crippen molar-refractivity contribution in [1.82, 2.24) is 10.3 Å². The average molecular weight is 235 g/mol. The smallest absolute Gasteiger partial charge is 0.133 e. The van der Waals surface area contributed by atoms with Crippen LogP contribution in [0.1, 0.15) is 45.2 Å². The second-order valence-corrected chi connectivity index (χ2v) is 4.68. The molecule has 0 aliphatic heterocycles. The Bertz CT molecular complexity index is 338. The van der Waals surface area contributed by atoms with Gasteiger partial charge in [-0.2, -0.15) is 0 Å². The highest BCUT2D eigenvalue weighted by molar-refractivity contribution is 5.48. The molecular formula is C14H25N3. The maximum absolute atomic E-state index is 4.54. The zero-order valence-electron chi connectivity index (χ0n) is 11.7. The first-order valence-electron chi connectivity index (χ1n) is 6.46. The van der Waals surface area contributed by atoms with E-state index in [1.165, 1.54) is 18.4 Å². The maximum atomic E-state index is 4.54. The van der Waals surface area contributed by atoms with Crippen LogP contribution in [0.3, 0.4) is 0 Å². The van der Waals surface area contributed by atoms with Crippen LogP contribution >= 0.6 is 0 Å². The highest BCUT2D eigenvalue weighted by Gasteiger charge is 2.16. The Morgan fingerprint density at radius 2 is 2.12 bits per heavy atom. The van der Waals surface area contributed by atoms with Crippen molar-refractivity contribution in [3.8, 4) is 0 Å². The molecule has 2 unspecified atom stereocenters. The lowest BCUT2D eigenvalue weighted by atomic mass is 10.1. The third-order valence-electron chi connectivity index (χ3n) is 3.42. The summed E-state index contributed by atoms with van der Waals surface area (Å²) in [6, 6.07) is 5.01. The first-order valence-corrected chi connectivity index (χ1v) is 6.46. The van der Waals surface area contributed by atoms with Gasteiger partial charge in [-0.25, -0.2) is 4.98 Å². The largest absolute Gasteiger partial charge is 0.357 e. The van der Waals surface area contributed by atoms with Crippen LogP contribution in [0.2, 0.25) is 0 Å². The number of pyridine rings is 1. The molecular weight excluding hydrogens is 210 g/mol. The number of anilines is 1. The van der Waals surface area contributed by atoms with Gasteiger partial charge >= 0.3 is 0 Å². The number of hydrogen-bond donors (Lipinski definition) is 1. The van der Waals surface area contributed by atoms with E-state index in [1.54, 1.807) is 0 Å². The summed E-state index contributed by atoms with van der Waals surface area (Å²) in [4.78, 5) is 6.82. The second-order valence-electron chi connectivity index (χ2n) is 4.68. The summed E-state index contributed by atoms with van der Waals surface area (Å²) < 4.78 is 0. The van der Waals surface area contributed by atoms with Crippen LogP contribution in [0.5, 0.6) is 0 Å². The van der Waals surface area contributed by atoms with E-state index in [0.29, 0.717) is 12.1 Å². The van der Waals surface area contributed by atoms with Crippen LogP contribution in [-0.2, 0) is 0 Å². The Morgan fingerprint density at radius 1 is 1.41 bits per heavy atom. The fraction of sp³-hybridized carbons (Fsp3) is 0.643. The summed E-state index contributed by atoms with van der Waals surface area (Å²) in [5.41, 5.74) is 1.26. The molecule has 0 bridgehead atoms. The SMILES string of the molecule is CCCC(C)N(C)c1ncccc1C(C)NC. The zero-order chi connectivity index (χ0) is 12.8. The van der Waals surface area contributed by atoms with Gasteiger partial charge in [-0.3, -0.25) is 0 Å². The van der Waals surface area contributed by atoms with E-state index in [9.17, 15) is 0 Å². The van der Waals surface area contributed by atoms with Crippen molar-refractivity contribution in [2.24, 2.45) is 0 Å². The molecule has 0 aliphatic rings. The molecule has 0 fully saturated rings. The lowest BCUT2D eigenvalue weighted by Gasteiger charge is -2.29. The van der Waals surface area contributed by atoms with E-state index in [0.717, 1.165) is 5.82 Å². The lowest BCUT2D eigenvalue weighted by molar-refractivity contribution is 0.596. The fourth-order valence-corrected chi connectivity index (χ4v) is 2.02. The molecule has 2 atom stereocenters. The molecule has 0 saturated carbocycles. The van der Waals surface area contributed by atoms with Gasteiger partial charge in [0.2, 0.25) is 0 Å². The molecule has 96 valence electrons. The van der Waals surface area contributed by atoms with Crippen LogP contribution in [0.25, 0.3) is 0 Å². The minimum atomic E-state index is 0.329. The van der Waals surface area contributed by atoms with E-state index in [4.69, 9.17) is 0 Å². The minimum Gasteiger partial charge on any atom is -0.357 e. The third kappa shape index (κ3) is 3.43. The van der Waals surface area contributed by atoms with Gasteiger partial charge in [0, 0.05) is 30.9 Å². The van der Waals surface area contributed by atoms with Gasteiger partial charge in [-0.05, 0) is 33.4 Å². The Labute approximate surface area is 105 Å². The van der Waals surface area contributed by atoms with E-state index < -0.39 is 0 Å². The van der Waals surface area contributed by atoms with E-state index in [1.807, 2.05) is 19.3 Å². The summed E-state index contributed by atoms with van der Waals surface area (Å²) in [5, 5.41) is 3.28. The summed E-state index contributed by atoms with van der Waals surface area (Å²) in [6.45, 7) is 6.64. The van der Waals surface area contributed by atoms with Crippen LogP contribution in [0.15, 0.2) is 18.3 Å². The molecule has 1 N–H and O–H groups in total. The average Bonchev–Trinajstić information content (AvgIpc) is 2.37. The summed E-state index contributed by atoms with van der Waals surface area (Å²) in [7, 11) is 4.12. The molecule has 0 spiro atoms. The summed E-state index contributed by atoms with van der Waals surface area (Å²) in [6.07, 6.45) is 4.27. The first kappa shape index (κ1) is 14.0. The minimum absolute atomic E-state index is 0.329. The van der Waals surface area contributed by atoms with Gasteiger partial charge < -0.3 is 10.2 Å². The monoisotopic (exact) mass is 235 g/mol. The van der Waals surface area contributed by atoms with Crippen LogP contribution in [0, 0.1) is 0 Å². The predicted octanol–water partition coefficient (Wildman–Crippen LogP) is 2.99. The molecule has 3 heteroatoms. The van der Waals surface area contributed by atoms with Gasteiger partial charge in [0.05, 0.1) is 0 Å². The summed E-state index contributed by atoms with van der Waals surface area (Å²) in [5.74, 6) is 1.09. The molecule has 0 aromatic carbocycles. The van der Waals surface area contributed by atoms with Gasteiger partial charge in [0.15, 0.2) is 0 Å². The highest BCUT2D eigenvalue weighted by atomic mass is 15.2. The van der Waals surface area contributed by atoms with Crippen molar-refractivity contribution in [1.29, 1.82) is 0 Å². The summed E-state index contributed by atoms with van der Waals surface area (Å²) >= 11 is 0. The van der Waals surface area contributed by atoms with Gasteiger partial charge in [0.1, 0.15) is 5.82 Å². The fourth-order valence-electron chi connectivity index (χ4n) is 2.02. The normalized spacial score (nSPS) is 14.4. The maximum Gasteiger partial charge on any atom is 0.133 e. The molecule has 1 heterocycles. The Morgan fingerprint density at radius 3 is 2.71 bits per heavy atom. The number of rotatable bonds is 6. The molecule has 0 radical (unpaired) electrons. The molecule has 0 aliphatic carbocycles. The van der Waals surface area contributed by atoms with Crippen molar-refractivity contribution < 1.29 is 0 Å². The molecule has 1 rings (SSSR count). The third-order valence-corrected chi connectivity index (χ3v) is 3.42. The quantitative estimate of drug-likeness (QED) is 0.821. The number of aromatic nitrogens is 1. The Kier molecular flexibility index (Phi) is 5.42.